The average molecular weight is 354 g/mol. The molecule has 1 heterocycles. The van der Waals surface area contributed by atoms with Gasteiger partial charge in [-0.25, -0.2) is 0 Å². The van der Waals surface area contributed by atoms with Gasteiger partial charge in [0.25, 0.3) is 0 Å². The molecule has 1 aromatic carbocycles. The van der Waals surface area contributed by atoms with Crippen LogP contribution in [0.5, 0.6) is 5.75 Å². The number of piperazine rings is 1. The molecule has 1 aliphatic heterocycles. The van der Waals surface area contributed by atoms with Crippen LogP contribution in [-0.4, -0.2) is 37.7 Å². The van der Waals surface area contributed by atoms with E-state index in [9.17, 15) is 8.78 Å². The first-order valence-corrected chi connectivity index (χ1v) is 6.57. The lowest BCUT2D eigenvalue weighted by Gasteiger charge is -2.34. The molecule has 22 heavy (non-hydrogen) atoms. The van der Waals surface area contributed by atoms with Gasteiger partial charge in [-0.05, 0) is 17.7 Å². The Morgan fingerprint density at radius 3 is 2.55 bits per heavy atom. The van der Waals surface area contributed by atoms with Crippen LogP contribution in [0.1, 0.15) is 18.0 Å². The lowest BCUT2D eigenvalue weighted by Crippen LogP contribution is -2.45. The maximum absolute atomic E-state index is 12.3. The van der Waals surface area contributed by atoms with Crippen LogP contribution in [-0.2, 0) is 0 Å². The van der Waals surface area contributed by atoms with Gasteiger partial charge < -0.3 is 10.1 Å². The molecular weight excluding hydrogens is 335 g/mol. The zero-order valence-corrected chi connectivity index (χ0v) is 13.5. The number of alkyl halides is 2. The molecule has 8 heteroatoms. The highest BCUT2D eigenvalue weighted by Crippen LogP contribution is 2.27. The van der Waals surface area contributed by atoms with Gasteiger partial charge in [-0.15, -0.1) is 24.8 Å². The highest BCUT2D eigenvalue weighted by Gasteiger charge is 2.22. The van der Waals surface area contributed by atoms with Gasteiger partial charge in [-0.2, -0.15) is 14.0 Å². The number of nitriles is 1. The van der Waals surface area contributed by atoms with Crippen LogP contribution >= 0.6 is 24.8 Å². The maximum Gasteiger partial charge on any atom is 0.387 e. The first-order valence-electron chi connectivity index (χ1n) is 6.57. The Balaban J connectivity index is 0.00000220. The van der Waals surface area contributed by atoms with Crippen LogP contribution in [0.3, 0.4) is 0 Å². The molecule has 1 fully saturated rings. The first-order chi connectivity index (χ1) is 9.70. The van der Waals surface area contributed by atoms with E-state index in [4.69, 9.17) is 5.26 Å². The lowest BCUT2D eigenvalue weighted by molar-refractivity contribution is -0.0499. The molecule has 1 atom stereocenters. The van der Waals surface area contributed by atoms with Crippen LogP contribution in [0.4, 0.5) is 8.78 Å². The Labute approximate surface area is 141 Å². The van der Waals surface area contributed by atoms with Gasteiger partial charge in [-0.3, -0.25) is 4.90 Å². The van der Waals surface area contributed by atoms with Gasteiger partial charge >= 0.3 is 6.61 Å². The summed E-state index contributed by atoms with van der Waals surface area (Å²) in [5.41, 5.74) is 0.839. The Morgan fingerprint density at radius 1 is 1.27 bits per heavy atom. The smallest absolute Gasteiger partial charge is 0.387 e. The zero-order chi connectivity index (χ0) is 14.4. The Kier molecular flexibility index (Phi) is 10.0. The molecule has 1 aromatic rings. The Bertz CT molecular complexity index is 479. The SMILES string of the molecule is Cl.Cl.N#CC[C@H](c1cccc(OC(F)F)c1)N1CCNCC1. The predicted octanol–water partition coefficient (Wildman–Crippen LogP) is 2.99. The number of hydrogen-bond acceptors (Lipinski definition) is 4. The molecule has 1 N–H and O–H groups in total. The summed E-state index contributed by atoms with van der Waals surface area (Å²) in [5, 5.41) is 12.3. The van der Waals surface area contributed by atoms with E-state index in [2.05, 4.69) is 21.0 Å². The van der Waals surface area contributed by atoms with Gasteiger partial charge in [0.05, 0.1) is 12.5 Å². The molecule has 1 saturated heterocycles. The van der Waals surface area contributed by atoms with E-state index in [-0.39, 0.29) is 36.6 Å². The van der Waals surface area contributed by atoms with Crippen molar-refractivity contribution < 1.29 is 13.5 Å². The minimum absolute atomic E-state index is 0. The molecule has 0 aromatic heterocycles. The minimum Gasteiger partial charge on any atom is -0.435 e. The van der Waals surface area contributed by atoms with Gasteiger partial charge in [0.2, 0.25) is 0 Å². The monoisotopic (exact) mass is 353 g/mol. The van der Waals surface area contributed by atoms with E-state index in [1.807, 2.05) is 6.07 Å². The fourth-order valence-corrected chi connectivity index (χ4v) is 2.44. The number of rotatable bonds is 5. The van der Waals surface area contributed by atoms with Crippen LogP contribution in [0.2, 0.25) is 0 Å². The number of benzene rings is 1. The van der Waals surface area contributed by atoms with E-state index < -0.39 is 6.61 Å². The molecular formula is C14H19Cl2F2N3O. The minimum atomic E-state index is -2.83. The van der Waals surface area contributed by atoms with E-state index in [0.717, 1.165) is 31.7 Å². The molecule has 0 aliphatic carbocycles. The highest BCUT2D eigenvalue weighted by atomic mass is 35.5. The fourth-order valence-electron chi connectivity index (χ4n) is 2.44. The molecule has 0 unspecified atom stereocenters. The lowest BCUT2D eigenvalue weighted by atomic mass is 10.0. The third kappa shape index (κ3) is 5.93. The van der Waals surface area contributed by atoms with Crippen molar-refractivity contribution in [3.05, 3.63) is 29.8 Å². The predicted molar refractivity (Wildman–Crippen MR) is 85.0 cm³/mol. The summed E-state index contributed by atoms with van der Waals surface area (Å²) in [7, 11) is 0. The van der Waals surface area contributed by atoms with Crippen molar-refractivity contribution in [1.29, 1.82) is 5.26 Å². The average Bonchev–Trinajstić information content (AvgIpc) is 2.45. The third-order valence-electron chi connectivity index (χ3n) is 3.35. The summed E-state index contributed by atoms with van der Waals surface area (Å²) in [6.45, 7) is 0.585. The van der Waals surface area contributed by atoms with Crippen molar-refractivity contribution >= 4 is 24.8 Å². The molecule has 2 rings (SSSR count). The molecule has 0 bridgehead atoms. The summed E-state index contributed by atoms with van der Waals surface area (Å²) < 4.78 is 28.9. The summed E-state index contributed by atoms with van der Waals surface area (Å²) in [5.74, 6) is 0.135. The second kappa shape index (κ2) is 10.6. The number of halogens is 4. The van der Waals surface area contributed by atoms with Crippen molar-refractivity contribution in [2.75, 3.05) is 26.2 Å². The van der Waals surface area contributed by atoms with Gasteiger partial charge in [-0.1, -0.05) is 12.1 Å². The largest absolute Gasteiger partial charge is 0.435 e. The third-order valence-corrected chi connectivity index (χ3v) is 3.35. The van der Waals surface area contributed by atoms with Crippen LogP contribution in [0.25, 0.3) is 0 Å². The summed E-state index contributed by atoms with van der Waals surface area (Å²) in [6, 6.07) is 8.71. The normalized spacial score (nSPS) is 16.1. The number of ether oxygens (including phenoxy) is 1. The van der Waals surface area contributed by atoms with Crippen LogP contribution in [0.15, 0.2) is 24.3 Å². The second-order valence-corrected chi connectivity index (χ2v) is 4.61. The molecule has 0 amide bonds. The zero-order valence-electron chi connectivity index (χ0n) is 11.9. The van der Waals surface area contributed by atoms with Crippen molar-refractivity contribution in [2.24, 2.45) is 0 Å². The van der Waals surface area contributed by atoms with E-state index in [1.54, 1.807) is 12.1 Å². The molecule has 0 spiro atoms. The van der Waals surface area contributed by atoms with Crippen LogP contribution < -0.4 is 10.1 Å². The molecule has 1 aliphatic rings. The summed E-state index contributed by atoms with van der Waals surface area (Å²) >= 11 is 0. The second-order valence-electron chi connectivity index (χ2n) is 4.61. The number of hydrogen-bond donors (Lipinski definition) is 1. The number of nitrogens with one attached hydrogen (secondary N) is 1. The van der Waals surface area contributed by atoms with Crippen molar-refractivity contribution in [3.8, 4) is 11.8 Å². The Morgan fingerprint density at radius 2 is 1.95 bits per heavy atom. The van der Waals surface area contributed by atoms with Crippen molar-refractivity contribution in [2.45, 2.75) is 19.1 Å². The summed E-state index contributed by atoms with van der Waals surface area (Å²) in [6.07, 6.45) is 0.331. The molecule has 4 nitrogen and oxygen atoms in total. The first kappa shape index (κ1) is 20.9. The van der Waals surface area contributed by atoms with Gasteiger partial charge in [0, 0.05) is 32.2 Å². The summed E-state index contributed by atoms with van der Waals surface area (Å²) in [4.78, 5) is 2.20. The fraction of sp³-hybridized carbons (Fsp3) is 0.500. The molecule has 124 valence electrons. The quantitative estimate of drug-likeness (QED) is 0.883. The van der Waals surface area contributed by atoms with Gasteiger partial charge in [0.1, 0.15) is 5.75 Å². The maximum atomic E-state index is 12.3. The number of nitrogens with zero attached hydrogens (tertiary/aromatic N) is 2. The van der Waals surface area contributed by atoms with E-state index in [0.29, 0.717) is 6.42 Å². The molecule has 0 saturated carbocycles. The molecule has 0 radical (unpaired) electrons. The van der Waals surface area contributed by atoms with E-state index >= 15 is 0 Å². The highest BCUT2D eigenvalue weighted by molar-refractivity contribution is 5.85. The van der Waals surface area contributed by atoms with Gasteiger partial charge in [0.15, 0.2) is 0 Å². The Hall–Kier alpha value is -1.13. The van der Waals surface area contributed by atoms with Crippen molar-refractivity contribution in [1.82, 2.24) is 10.2 Å². The van der Waals surface area contributed by atoms with Crippen molar-refractivity contribution in [3.63, 3.8) is 0 Å². The standard InChI is InChI=1S/C14H17F2N3O.2ClH/c15-14(16)20-12-3-1-2-11(10-12)13(4-5-17)19-8-6-18-7-9-19;;/h1-3,10,13-14,18H,4,6-9H2;2*1H/t13-;;/m1../s1. The van der Waals surface area contributed by atoms with Crippen LogP contribution in [0, 0.1) is 11.3 Å². The topological polar surface area (TPSA) is 48.3 Å². The van der Waals surface area contributed by atoms with E-state index in [1.165, 1.54) is 6.07 Å².